The molecule has 6 atom stereocenters. The van der Waals surface area contributed by atoms with Crippen molar-refractivity contribution in [2.45, 2.75) is 26.9 Å². The predicted molar refractivity (Wildman–Crippen MR) is 91.7 cm³/mol. The van der Waals surface area contributed by atoms with Crippen LogP contribution in [0.25, 0.3) is 0 Å². The van der Waals surface area contributed by atoms with E-state index in [9.17, 15) is 9.59 Å². The molecule has 5 heteroatoms. The summed E-state index contributed by atoms with van der Waals surface area (Å²) in [6.45, 7) is 4.44. The number of esters is 2. The van der Waals surface area contributed by atoms with Crippen molar-refractivity contribution in [2.75, 3.05) is 14.2 Å². The molecule has 5 nitrogen and oxygen atoms in total. The first-order valence-corrected chi connectivity index (χ1v) is 8.85. The molecule has 0 saturated heterocycles. The molecule has 0 amide bonds. The third-order valence-corrected chi connectivity index (χ3v) is 6.24. The number of rotatable bonds is 5. The number of hydrogen-bond acceptors (Lipinski definition) is 5. The van der Waals surface area contributed by atoms with Crippen LogP contribution in [0.4, 0.5) is 0 Å². The van der Waals surface area contributed by atoms with Gasteiger partial charge in [0.2, 0.25) is 0 Å². The van der Waals surface area contributed by atoms with Gasteiger partial charge < -0.3 is 14.2 Å². The molecule has 3 rings (SSSR count). The van der Waals surface area contributed by atoms with E-state index in [4.69, 9.17) is 14.2 Å². The van der Waals surface area contributed by atoms with Crippen molar-refractivity contribution < 1.29 is 23.8 Å². The Bertz CT molecular complexity index is 638. The Balaban J connectivity index is 1.66. The van der Waals surface area contributed by atoms with Gasteiger partial charge in [-0.15, -0.1) is 0 Å². The molecule has 0 aliphatic heterocycles. The van der Waals surface area contributed by atoms with Crippen LogP contribution in [0.15, 0.2) is 24.3 Å². The van der Waals surface area contributed by atoms with Gasteiger partial charge in [-0.25, -0.2) is 0 Å². The smallest absolute Gasteiger partial charge is 0.309 e. The first-order valence-electron chi connectivity index (χ1n) is 8.85. The Morgan fingerprint density at radius 1 is 0.960 bits per heavy atom. The van der Waals surface area contributed by atoms with Gasteiger partial charge in [-0.1, -0.05) is 26.0 Å². The zero-order valence-electron chi connectivity index (χ0n) is 15.2. The van der Waals surface area contributed by atoms with Gasteiger partial charge >= 0.3 is 11.9 Å². The van der Waals surface area contributed by atoms with E-state index in [1.54, 1.807) is 7.11 Å². The molecule has 0 radical (unpaired) electrons. The fourth-order valence-corrected chi connectivity index (χ4v) is 4.94. The second kappa shape index (κ2) is 7.06. The number of ether oxygens (including phenoxy) is 3. The van der Waals surface area contributed by atoms with Gasteiger partial charge in [-0.3, -0.25) is 9.59 Å². The number of fused-ring (bicyclic) bond motifs is 2. The highest BCUT2D eigenvalue weighted by molar-refractivity contribution is 5.78. The van der Waals surface area contributed by atoms with Gasteiger partial charge in [0.25, 0.3) is 0 Å². The SMILES string of the molecule is COC(=O)[C@@H]1C2CC([C@@H](C)C2C(=O)OCc2ccc(OC)cc2)[C@H]1C. The Hall–Kier alpha value is -2.04. The van der Waals surface area contributed by atoms with Gasteiger partial charge in [0, 0.05) is 0 Å². The number of benzene rings is 1. The molecular weight excluding hydrogens is 320 g/mol. The highest BCUT2D eigenvalue weighted by atomic mass is 16.5. The van der Waals surface area contributed by atoms with Crippen LogP contribution in [0.5, 0.6) is 5.75 Å². The summed E-state index contributed by atoms with van der Waals surface area (Å²) in [4.78, 5) is 24.8. The molecule has 136 valence electrons. The van der Waals surface area contributed by atoms with E-state index in [2.05, 4.69) is 13.8 Å². The van der Waals surface area contributed by atoms with Gasteiger partial charge in [0.05, 0.1) is 26.1 Å². The molecule has 1 aromatic carbocycles. The van der Waals surface area contributed by atoms with Crippen LogP contribution >= 0.6 is 0 Å². The third-order valence-electron chi connectivity index (χ3n) is 6.24. The van der Waals surface area contributed by atoms with Crippen LogP contribution in [0.1, 0.15) is 25.8 Å². The van der Waals surface area contributed by atoms with Crippen molar-refractivity contribution in [2.24, 2.45) is 35.5 Å². The van der Waals surface area contributed by atoms with Crippen LogP contribution in [0.3, 0.4) is 0 Å². The highest BCUT2D eigenvalue weighted by Crippen LogP contribution is 2.58. The number of carbonyl (C=O) groups excluding carboxylic acids is 2. The Morgan fingerprint density at radius 3 is 2.08 bits per heavy atom. The van der Waals surface area contributed by atoms with E-state index >= 15 is 0 Å². The molecule has 0 aromatic heterocycles. The van der Waals surface area contributed by atoms with Crippen molar-refractivity contribution in [3.05, 3.63) is 29.8 Å². The van der Waals surface area contributed by atoms with Gasteiger partial charge in [0.1, 0.15) is 12.4 Å². The summed E-state index contributed by atoms with van der Waals surface area (Å²) in [6.07, 6.45) is 0.907. The molecular formula is C20H26O5. The van der Waals surface area contributed by atoms with Crippen molar-refractivity contribution >= 4 is 11.9 Å². The number of hydrogen-bond donors (Lipinski definition) is 0. The maximum absolute atomic E-state index is 12.7. The number of methoxy groups -OCH3 is 2. The standard InChI is InChI=1S/C20H26O5/c1-11-15-9-16(17(11)19(21)24-4)18(12(15)2)20(22)25-10-13-5-7-14(23-3)8-6-13/h5-8,11-12,15-18H,9-10H2,1-4H3/t11-,12-,15?,16?,17+,18?/m1/s1. The molecule has 0 N–H and O–H groups in total. The lowest BCUT2D eigenvalue weighted by molar-refractivity contribution is -0.160. The average molecular weight is 346 g/mol. The summed E-state index contributed by atoms with van der Waals surface area (Å²) in [5.74, 6) is 0.886. The Kier molecular flexibility index (Phi) is 5.02. The number of carbonyl (C=O) groups is 2. The summed E-state index contributed by atoms with van der Waals surface area (Å²) >= 11 is 0. The highest BCUT2D eigenvalue weighted by Gasteiger charge is 2.60. The molecule has 2 aliphatic rings. The lowest BCUT2D eigenvalue weighted by Crippen LogP contribution is -2.41. The lowest BCUT2D eigenvalue weighted by atomic mass is 9.69. The molecule has 2 bridgehead atoms. The lowest BCUT2D eigenvalue weighted by Gasteiger charge is -2.35. The van der Waals surface area contributed by atoms with Crippen molar-refractivity contribution in [3.8, 4) is 5.75 Å². The quantitative estimate of drug-likeness (QED) is 0.767. The van der Waals surface area contributed by atoms with Crippen LogP contribution in [0.2, 0.25) is 0 Å². The maximum Gasteiger partial charge on any atom is 0.309 e. The van der Waals surface area contributed by atoms with E-state index in [-0.39, 0.29) is 48.1 Å². The minimum absolute atomic E-state index is 0.0332. The zero-order valence-corrected chi connectivity index (χ0v) is 15.2. The predicted octanol–water partition coefficient (Wildman–Crippen LogP) is 3.07. The second-order valence-electron chi connectivity index (χ2n) is 7.31. The summed E-state index contributed by atoms with van der Waals surface area (Å²) in [6, 6.07) is 7.46. The molecule has 0 heterocycles. The van der Waals surface area contributed by atoms with Gasteiger partial charge in [-0.05, 0) is 47.8 Å². The summed E-state index contributed by atoms with van der Waals surface area (Å²) < 4.78 is 15.7. The molecule has 1 aromatic rings. The van der Waals surface area contributed by atoms with Crippen LogP contribution < -0.4 is 4.74 Å². The van der Waals surface area contributed by atoms with E-state index < -0.39 is 0 Å². The Morgan fingerprint density at radius 2 is 1.56 bits per heavy atom. The summed E-state index contributed by atoms with van der Waals surface area (Å²) in [5, 5.41) is 0. The summed E-state index contributed by atoms with van der Waals surface area (Å²) in [7, 11) is 3.03. The monoisotopic (exact) mass is 346 g/mol. The van der Waals surface area contributed by atoms with Crippen molar-refractivity contribution in [3.63, 3.8) is 0 Å². The molecule has 3 unspecified atom stereocenters. The maximum atomic E-state index is 12.7. The minimum atomic E-state index is -0.219. The third kappa shape index (κ3) is 3.12. The van der Waals surface area contributed by atoms with E-state index in [1.807, 2.05) is 24.3 Å². The van der Waals surface area contributed by atoms with Crippen LogP contribution in [-0.2, 0) is 25.7 Å². The second-order valence-corrected chi connectivity index (χ2v) is 7.31. The fourth-order valence-electron chi connectivity index (χ4n) is 4.94. The van der Waals surface area contributed by atoms with Gasteiger partial charge in [0.15, 0.2) is 0 Å². The molecule has 2 aliphatic carbocycles. The molecule has 25 heavy (non-hydrogen) atoms. The molecule has 2 saturated carbocycles. The first kappa shape index (κ1) is 17.8. The first-order chi connectivity index (χ1) is 12.0. The van der Waals surface area contributed by atoms with Gasteiger partial charge in [-0.2, -0.15) is 0 Å². The largest absolute Gasteiger partial charge is 0.497 e. The van der Waals surface area contributed by atoms with Crippen molar-refractivity contribution in [1.82, 2.24) is 0 Å². The Labute approximate surface area is 148 Å². The van der Waals surface area contributed by atoms with E-state index in [0.717, 1.165) is 17.7 Å². The van der Waals surface area contributed by atoms with E-state index in [1.165, 1.54) is 7.11 Å². The minimum Gasteiger partial charge on any atom is -0.497 e. The fraction of sp³-hybridized carbons (Fsp3) is 0.600. The normalized spacial score (nSPS) is 33.1. The summed E-state index contributed by atoms with van der Waals surface area (Å²) in [5.41, 5.74) is 0.919. The van der Waals surface area contributed by atoms with Crippen molar-refractivity contribution in [1.29, 1.82) is 0 Å². The topological polar surface area (TPSA) is 61.8 Å². The molecule has 0 spiro atoms. The van der Waals surface area contributed by atoms with E-state index in [0.29, 0.717) is 5.92 Å². The average Bonchev–Trinajstić information content (AvgIpc) is 3.13. The molecule has 2 fully saturated rings. The zero-order chi connectivity index (χ0) is 18.1. The van der Waals surface area contributed by atoms with Crippen LogP contribution in [-0.4, -0.2) is 26.2 Å². The van der Waals surface area contributed by atoms with Crippen LogP contribution in [0, 0.1) is 35.5 Å².